The second kappa shape index (κ2) is 3.94. The van der Waals surface area contributed by atoms with Crippen molar-refractivity contribution in [2.75, 3.05) is 17.9 Å². The first-order valence-corrected chi connectivity index (χ1v) is 4.83. The van der Waals surface area contributed by atoms with Crippen LogP contribution in [-0.4, -0.2) is 26.7 Å². The molecule has 0 saturated heterocycles. The van der Waals surface area contributed by atoms with Crippen LogP contribution in [0.5, 0.6) is 0 Å². The average molecular weight is 233 g/mol. The lowest BCUT2D eigenvalue weighted by molar-refractivity contribution is 0.523. The molecule has 7 heavy (non-hydrogen) atoms. The van der Waals surface area contributed by atoms with Crippen LogP contribution in [0, 0.1) is 0 Å². The molecule has 0 rings (SSSR count). The highest BCUT2D eigenvalue weighted by Crippen LogP contribution is 1.95. The van der Waals surface area contributed by atoms with Gasteiger partial charge in [-0.05, 0) is 0 Å². The molecule has 0 amide bonds. The summed E-state index contributed by atoms with van der Waals surface area (Å²) in [7, 11) is 1.82. The van der Waals surface area contributed by atoms with E-state index in [1.54, 1.807) is 10.6 Å². The molecule has 4 heteroatoms. The molecule has 0 fully saturated rings. The molecule has 1 unspecified atom stereocenters. The molecule has 0 aliphatic carbocycles. The molecule has 1 atom stereocenters. The first-order valence-electron chi connectivity index (χ1n) is 1.79. The first-order chi connectivity index (χ1) is 3.18. The summed E-state index contributed by atoms with van der Waals surface area (Å²) in [6, 6.07) is 0. The van der Waals surface area contributed by atoms with E-state index in [-0.39, 0.29) is 0 Å². The molecule has 0 aromatic rings. The van der Waals surface area contributed by atoms with Crippen molar-refractivity contribution < 1.29 is 4.55 Å². The highest BCUT2D eigenvalue weighted by atomic mass is 127. The molecule has 0 saturated carbocycles. The van der Waals surface area contributed by atoms with Crippen LogP contribution in [0.4, 0.5) is 0 Å². The van der Waals surface area contributed by atoms with E-state index in [1.807, 2.05) is 7.05 Å². The molecule has 0 aromatic carbocycles. The number of hydrogen-bond acceptors (Lipinski definition) is 2. The Labute approximate surface area is 60.7 Å². The zero-order valence-corrected chi connectivity index (χ0v) is 7.32. The molecule has 0 bridgehead atoms. The minimum atomic E-state index is -0.785. The molecule has 0 aliphatic rings. The fraction of sp³-hybridized carbons (Fsp3) is 1.00. The smallest absolute Gasteiger partial charge is 0.115 e. The molecule has 0 aromatic heterocycles. The molecule has 0 spiro atoms. The fourth-order valence-electron chi connectivity index (χ4n) is 0.0687. The fourth-order valence-corrected chi connectivity index (χ4v) is 1.38. The standard InChI is InChI=1S/C3H8INOS/c1-5(3-4)7(2)6/h3H2,1-2H3. The van der Waals surface area contributed by atoms with E-state index in [4.69, 9.17) is 0 Å². The zero-order valence-electron chi connectivity index (χ0n) is 4.35. The number of rotatable bonds is 2. The minimum Gasteiger partial charge on any atom is -0.598 e. The average Bonchev–Trinajstić information content (AvgIpc) is 1.65. The van der Waals surface area contributed by atoms with Gasteiger partial charge in [0.1, 0.15) is 6.26 Å². The van der Waals surface area contributed by atoms with E-state index in [0.29, 0.717) is 0 Å². The summed E-state index contributed by atoms with van der Waals surface area (Å²) in [6.45, 7) is 0. The maximum atomic E-state index is 10.4. The van der Waals surface area contributed by atoms with Gasteiger partial charge in [0.25, 0.3) is 0 Å². The molecule has 0 N–H and O–H groups in total. The Kier molecular flexibility index (Phi) is 4.50. The molecular weight excluding hydrogens is 225 g/mol. The van der Waals surface area contributed by atoms with Crippen molar-refractivity contribution in [3.63, 3.8) is 0 Å². The summed E-state index contributed by atoms with van der Waals surface area (Å²) in [5.74, 6) is 0. The summed E-state index contributed by atoms with van der Waals surface area (Å²) in [6.07, 6.45) is 1.67. The van der Waals surface area contributed by atoms with Crippen LogP contribution in [0.25, 0.3) is 0 Å². The highest BCUT2D eigenvalue weighted by Gasteiger charge is 2.02. The summed E-state index contributed by atoms with van der Waals surface area (Å²) in [5.41, 5.74) is 0. The summed E-state index contributed by atoms with van der Waals surface area (Å²) >= 11 is 1.38. The SMILES string of the molecule is CN(CI)[S+](C)[O-]. The largest absolute Gasteiger partial charge is 0.598 e. The van der Waals surface area contributed by atoms with Gasteiger partial charge in [0.2, 0.25) is 0 Å². The summed E-state index contributed by atoms with van der Waals surface area (Å²) < 4.78 is 13.0. The van der Waals surface area contributed by atoms with Gasteiger partial charge >= 0.3 is 0 Å². The van der Waals surface area contributed by atoms with Gasteiger partial charge < -0.3 is 4.55 Å². The lowest BCUT2D eigenvalue weighted by Gasteiger charge is -2.12. The minimum absolute atomic E-state index is 0.785. The van der Waals surface area contributed by atoms with E-state index in [2.05, 4.69) is 22.6 Å². The number of hydrogen-bond donors (Lipinski definition) is 0. The Morgan fingerprint density at radius 3 is 2.29 bits per heavy atom. The van der Waals surface area contributed by atoms with Gasteiger partial charge in [-0.1, -0.05) is 22.6 Å². The molecule has 0 aliphatic heterocycles. The van der Waals surface area contributed by atoms with Crippen molar-refractivity contribution >= 4 is 34.0 Å². The predicted octanol–water partition coefficient (Wildman–Crippen LogP) is 0.604. The Balaban J connectivity index is 3.14. The van der Waals surface area contributed by atoms with Crippen molar-refractivity contribution in [2.24, 2.45) is 0 Å². The Bertz CT molecular complexity index is 52.2. The van der Waals surface area contributed by atoms with Crippen LogP contribution in [0.3, 0.4) is 0 Å². The molecule has 44 valence electrons. The number of alkyl halides is 1. The molecule has 0 heterocycles. The zero-order chi connectivity index (χ0) is 5.86. The lowest BCUT2D eigenvalue weighted by Crippen LogP contribution is -2.23. The van der Waals surface area contributed by atoms with E-state index in [9.17, 15) is 4.55 Å². The third-order valence-corrected chi connectivity index (χ3v) is 3.10. The third kappa shape index (κ3) is 3.57. The van der Waals surface area contributed by atoms with E-state index >= 15 is 0 Å². The van der Waals surface area contributed by atoms with E-state index in [0.717, 1.165) is 4.55 Å². The first kappa shape index (κ1) is 8.00. The Morgan fingerprint density at radius 1 is 1.86 bits per heavy atom. The number of halogens is 1. The highest BCUT2D eigenvalue weighted by molar-refractivity contribution is 14.1. The molecule has 0 radical (unpaired) electrons. The van der Waals surface area contributed by atoms with Gasteiger partial charge in [0.05, 0.1) is 4.55 Å². The van der Waals surface area contributed by atoms with Gasteiger partial charge in [-0.15, -0.1) is 4.31 Å². The van der Waals surface area contributed by atoms with Gasteiger partial charge in [-0.2, -0.15) is 0 Å². The van der Waals surface area contributed by atoms with Gasteiger partial charge in [-0.25, -0.2) is 0 Å². The van der Waals surface area contributed by atoms with Crippen LogP contribution >= 0.6 is 22.6 Å². The van der Waals surface area contributed by atoms with E-state index in [1.165, 1.54) is 0 Å². The van der Waals surface area contributed by atoms with Crippen LogP contribution in [0.2, 0.25) is 0 Å². The Morgan fingerprint density at radius 2 is 2.29 bits per heavy atom. The predicted molar refractivity (Wildman–Crippen MR) is 40.7 cm³/mol. The summed E-state index contributed by atoms with van der Waals surface area (Å²) in [5, 5.41) is 0. The molecule has 2 nitrogen and oxygen atoms in total. The van der Waals surface area contributed by atoms with Crippen molar-refractivity contribution in [3.8, 4) is 0 Å². The van der Waals surface area contributed by atoms with Crippen LogP contribution < -0.4 is 0 Å². The van der Waals surface area contributed by atoms with Crippen molar-refractivity contribution in [2.45, 2.75) is 0 Å². The van der Waals surface area contributed by atoms with E-state index < -0.39 is 11.4 Å². The maximum Gasteiger partial charge on any atom is 0.115 e. The second-order valence-corrected chi connectivity index (χ2v) is 3.32. The topological polar surface area (TPSA) is 26.3 Å². The van der Waals surface area contributed by atoms with Gasteiger partial charge in [-0.3, -0.25) is 0 Å². The van der Waals surface area contributed by atoms with Gasteiger partial charge in [0.15, 0.2) is 0 Å². The van der Waals surface area contributed by atoms with Crippen molar-refractivity contribution in [3.05, 3.63) is 0 Å². The van der Waals surface area contributed by atoms with Crippen molar-refractivity contribution in [1.82, 2.24) is 4.31 Å². The summed E-state index contributed by atoms with van der Waals surface area (Å²) in [4.78, 5) is 0. The second-order valence-electron chi connectivity index (χ2n) is 1.17. The van der Waals surface area contributed by atoms with Crippen LogP contribution in [-0.2, 0) is 11.4 Å². The van der Waals surface area contributed by atoms with Crippen LogP contribution in [0.15, 0.2) is 0 Å². The lowest BCUT2D eigenvalue weighted by atomic mass is 11.3. The van der Waals surface area contributed by atoms with Gasteiger partial charge in [0, 0.05) is 18.4 Å². The number of nitrogens with zero attached hydrogens (tertiary/aromatic N) is 1. The van der Waals surface area contributed by atoms with Crippen LogP contribution in [0.1, 0.15) is 0 Å². The molecular formula is C3H8INOS. The maximum absolute atomic E-state index is 10.4. The van der Waals surface area contributed by atoms with Crippen molar-refractivity contribution in [1.29, 1.82) is 0 Å². The Hall–Kier alpha value is 1.00. The quantitative estimate of drug-likeness (QED) is 0.302. The monoisotopic (exact) mass is 233 g/mol. The normalized spacial score (nSPS) is 15.0. The third-order valence-electron chi connectivity index (χ3n) is 0.607.